The molecule has 0 aromatic heterocycles. The van der Waals surface area contributed by atoms with Gasteiger partial charge in [0.25, 0.3) is 0 Å². The number of benzene rings is 1. The summed E-state index contributed by atoms with van der Waals surface area (Å²) in [5.41, 5.74) is 0.103. The van der Waals surface area contributed by atoms with E-state index in [0.29, 0.717) is 24.1 Å². The smallest absolute Gasteiger partial charge is 0.368 e. The van der Waals surface area contributed by atoms with Gasteiger partial charge in [-0.25, -0.2) is 0 Å². The minimum Gasteiger partial charge on any atom is -0.368 e. The molecule has 0 N–H and O–H groups in total. The van der Waals surface area contributed by atoms with Gasteiger partial charge in [0.05, 0.1) is 23.9 Å². The van der Waals surface area contributed by atoms with E-state index in [1.165, 1.54) is 6.07 Å². The van der Waals surface area contributed by atoms with E-state index in [2.05, 4.69) is 22.0 Å². The summed E-state index contributed by atoms with van der Waals surface area (Å²) in [7, 11) is 0. The molecule has 1 aromatic rings. The predicted octanol–water partition coefficient (Wildman–Crippen LogP) is 3.11. The van der Waals surface area contributed by atoms with Gasteiger partial charge in [0.1, 0.15) is 0 Å². The number of hydrogen-bond acceptors (Lipinski definition) is 3. The molecule has 0 aliphatic carbocycles. The molecule has 0 spiro atoms. The van der Waals surface area contributed by atoms with Crippen molar-refractivity contribution in [2.75, 3.05) is 37.6 Å². The van der Waals surface area contributed by atoms with Gasteiger partial charge in [0.15, 0.2) is 0 Å². The Morgan fingerprint density at radius 2 is 1.85 bits per heavy atom. The van der Waals surface area contributed by atoms with Crippen molar-refractivity contribution in [3.8, 4) is 6.07 Å². The molecular weight excluding hydrogens is 335 g/mol. The van der Waals surface area contributed by atoms with Crippen LogP contribution in [0.25, 0.3) is 0 Å². The Labute approximate surface area is 123 Å². The zero-order chi connectivity index (χ0) is 14.8. The van der Waals surface area contributed by atoms with E-state index in [-0.39, 0.29) is 0 Å². The van der Waals surface area contributed by atoms with Crippen LogP contribution in [-0.4, -0.2) is 37.6 Å². The minimum atomic E-state index is -4.33. The van der Waals surface area contributed by atoms with Gasteiger partial charge in [0.2, 0.25) is 0 Å². The molecule has 1 saturated heterocycles. The highest BCUT2D eigenvalue weighted by atomic mass is 79.9. The molecule has 0 atom stereocenters. The fraction of sp³-hybridized carbons (Fsp3) is 0.462. The quantitative estimate of drug-likeness (QED) is 0.770. The van der Waals surface area contributed by atoms with Crippen molar-refractivity contribution >= 4 is 21.6 Å². The lowest BCUT2D eigenvalue weighted by Gasteiger charge is -2.35. The molecule has 3 nitrogen and oxygen atoms in total. The van der Waals surface area contributed by atoms with Crippen molar-refractivity contribution in [1.29, 1.82) is 5.26 Å². The van der Waals surface area contributed by atoms with Gasteiger partial charge < -0.3 is 4.90 Å². The Morgan fingerprint density at radius 3 is 2.35 bits per heavy atom. The number of anilines is 1. The summed E-state index contributed by atoms with van der Waals surface area (Å²) in [6, 6.07) is 5.80. The number of alkyl halides is 3. The van der Waals surface area contributed by atoms with E-state index >= 15 is 0 Å². The van der Waals surface area contributed by atoms with E-state index in [9.17, 15) is 13.2 Å². The number of rotatable bonds is 2. The van der Waals surface area contributed by atoms with E-state index < -0.39 is 11.7 Å². The lowest BCUT2D eigenvalue weighted by molar-refractivity contribution is -0.137. The summed E-state index contributed by atoms with van der Waals surface area (Å²) in [6.45, 7) is 3.27. The Morgan fingerprint density at radius 1 is 1.20 bits per heavy atom. The first-order valence-corrected chi connectivity index (χ1v) is 6.92. The van der Waals surface area contributed by atoms with Crippen molar-refractivity contribution in [1.82, 2.24) is 4.90 Å². The maximum absolute atomic E-state index is 12.6. The second-order valence-electron chi connectivity index (χ2n) is 4.59. The topological polar surface area (TPSA) is 30.3 Å². The van der Waals surface area contributed by atoms with Gasteiger partial charge in [0, 0.05) is 30.7 Å². The van der Waals surface area contributed by atoms with Crippen molar-refractivity contribution in [2.24, 2.45) is 0 Å². The first kappa shape index (κ1) is 15.1. The number of halogens is 4. The average molecular weight is 348 g/mol. The molecule has 0 radical (unpaired) electrons. The van der Waals surface area contributed by atoms with Crippen LogP contribution in [0, 0.1) is 11.3 Å². The second-order valence-corrected chi connectivity index (χ2v) is 5.44. The fourth-order valence-corrected chi connectivity index (χ4v) is 2.82. The fourth-order valence-electron chi connectivity index (χ4n) is 2.19. The molecule has 1 fully saturated rings. The summed E-state index contributed by atoms with van der Waals surface area (Å²) in [6.07, 6.45) is -4.33. The molecule has 7 heteroatoms. The monoisotopic (exact) mass is 347 g/mol. The van der Waals surface area contributed by atoms with Crippen LogP contribution in [-0.2, 0) is 6.18 Å². The van der Waals surface area contributed by atoms with Crippen LogP contribution < -0.4 is 4.90 Å². The zero-order valence-corrected chi connectivity index (χ0v) is 12.2. The molecule has 0 bridgehead atoms. The Bertz CT molecular complexity index is 517. The van der Waals surface area contributed by atoms with Gasteiger partial charge in [-0.1, -0.05) is 0 Å². The second kappa shape index (κ2) is 6.02. The third-order valence-electron chi connectivity index (χ3n) is 3.28. The van der Waals surface area contributed by atoms with Crippen LogP contribution >= 0.6 is 15.9 Å². The van der Waals surface area contributed by atoms with Crippen LogP contribution in [0.4, 0.5) is 18.9 Å². The molecule has 0 saturated carbocycles. The molecule has 1 heterocycles. The van der Waals surface area contributed by atoms with Crippen molar-refractivity contribution in [2.45, 2.75) is 6.18 Å². The average Bonchev–Trinajstić information content (AvgIpc) is 2.39. The standard InChI is InChI=1S/C13H13BrF3N3/c14-11-9-10(13(15,16)17)1-2-12(11)20-7-5-19(4-3-18)6-8-20/h1-2,9H,4-8H2. The number of nitrogens with zero attached hydrogens (tertiary/aromatic N) is 3. The highest BCUT2D eigenvalue weighted by Crippen LogP contribution is 2.35. The van der Waals surface area contributed by atoms with Crippen molar-refractivity contribution < 1.29 is 13.2 Å². The van der Waals surface area contributed by atoms with E-state index in [1.807, 2.05) is 9.80 Å². The Balaban J connectivity index is 2.10. The predicted molar refractivity (Wildman–Crippen MR) is 73.4 cm³/mol. The minimum absolute atomic E-state index is 0.391. The molecule has 0 amide bonds. The molecule has 1 aliphatic heterocycles. The molecular formula is C13H13BrF3N3. The SMILES string of the molecule is N#CCN1CCN(c2ccc(C(F)(F)F)cc2Br)CC1. The maximum atomic E-state index is 12.6. The van der Waals surface area contributed by atoms with Crippen LogP contribution in [0.15, 0.2) is 22.7 Å². The lowest BCUT2D eigenvalue weighted by Crippen LogP contribution is -2.46. The van der Waals surface area contributed by atoms with Gasteiger partial charge in [-0.15, -0.1) is 0 Å². The third-order valence-corrected chi connectivity index (χ3v) is 3.92. The molecule has 108 valence electrons. The van der Waals surface area contributed by atoms with E-state index in [1.54, 1.807) is 0 Å². The summed E-state index contributed by atoms with van der Waals surface area (Å²) in [5.74, 6) is 0. The van der Waals surface area contributed by atoms with Crippen LogP contribution in [0.2, 0.25) is 0 Å². The molecule has 1 aliphatic rings. The first-order chi connectivity index (χ1) is 9.41. The number of nitriles is 1. The van der Waals surface area contributed by atoms with Gasteiger partial charge in [-0.2, -0.15) is 18.4 Å². The highest BCUT2D eigenvalue weighted by Gasteiger charge is 2.31. The van der Waals surface area contributed by atoms with Crippen molar-refractivity contribution in [3.05, 3.63) is 28.2 Å². The normalized spacial score (nSPS) is 17.1. The Kier molecular flexibility index (Phi) is 4.55. The van der Waals surface area contributed by atoms with Gasteiger partial charge in [-0.05, 0) is 34.1 Å². The maximum Gasteiger partial charge on any atom is 0.416 e. The Hall–Kier alpha value is -1.26. The summed E-state index contributed by atoms with van der Waals surface area (Å²) >= 11 is 3.21. The zero-order valence-electron chi connectivity index (χ0n) is 10.6. The largest absolute Gasteiger partial charge is 0.416 e. The summed E-state index contributed by atoms with van der Waals surface area (Å²) < 4.78 is 38.3. The van der Waals surface area contributed by atoms with E-state index in [4.69, 9.17) is 5.26 Å². The van der Waals surface area contributed by atoms with Crippen LogP contribution in [0.5, 0.6) is 0 Å². The van der Waals surface area contributed by atoms with Gasteiger partial charge >= 0.3 is 6.18 Å². The number of piperazine rings is 1. The number of hydrogen-bond donors (Lipinski definition) is 0. The van der Waals surface area contributed by atoms with Crippen LogP contribution in [0.1, 0.15) is 5.56 Å². The van der Waals surface area contributed by atoms with Crippen molar-refractivity contribution in [3.63, 3.8) is 0 Å². The molecule has 0 unspecified atom stereocenters. The van der Waals surface area contributed by atoms with Crippen LogP contribution in [0.3, 0.4) is 0 Å². The molecule has 1 aromatic carbocycles. The molecule has 2 rings (SSSR count). The highest BCUT2D eigenvalue weighted by molar-refractivity contribution is 9.10. The van der Waals surface area contributed by atoms with Gasteiger partial charge in [-0.3, -0.25) is 4.90 Å². The first-order valence-electron chi connectivity index (χ1n) is 6.13. The molecule has 20 heavy (non-hydrogen) atoms. The third kappa shape index (κ3) is 3.44. The summed E-state index contributed by atoms with van der Waals surface area (Å²) in [4.78, 5) is 4.05. The van der Waals surface area contributed by atoms with E-state index in [0.717, 1.165) is 30.9 Å². The summed E-state index contributed by atoms with van der Waals surface area (Å²) in [5, 5.41) is 8.63. The lowest BCUT2D eigenvalue weighted by atomic mass is 10.1.